The summed E-state index contributed by atoms with van der Waals surface area (Å²) in [6.45, 7) is 0. The van der Waals surface area contributed by atoms with E-state index in [1.165, 1.54) is 0 Å². The molecule has 0 saturated heterocycles. The van der Waals surface area contributed by atoms with Crippen molar-refractivity contribution in [2.75, 3.05) is 0 Å². The zero-order chi connectivity index (χ0) is 13.0. The van der Waals surface area contributed by atoms with Crippen molar-refractivity contribution in [2.24, 2.45) is 5.73 Å². The van der Waals surface area contributed by atoms with Gasteiger partial charge in [-0.3, -0.25) is 4.79 Å². The van der Waals surface area contributed by atoms with Crippen LogP contribution in [0.5, 0.6) is 0 Å². The molecule has 2 aromatic carbocycles. The molecule has 0 spiro atoms. The average Bonchev–Trinajstić information content (AvgIpc) is 2.41. The smallest absolute Gasteiger partial charge is 0.209 e. The van der Waals surface area contributed by atoms with Crippen LogP contribution >= 0.6 is 22.6 Å². The lowest BCUT2D eigenvalue weighted by Crippen LogP contribution is -2.34. The first-order valence-electron chi connectivity index (χ1n) is 5.75. The van der Waals surface area contributed by atoms with Crippen molar-refractivity contribution in [1.82, 2.24) is 0 Å². The van der Waals surface area contributed by atoms with Crippen LogP contribution in [0.1, 0.15) is 17.0 Å². The van der Waals surface area contributed by atoms with Gasteiger partial charge in [0.1, 0.15) is 0 Å². The molecule has 0 aromatic heterocycles. The van der Waals surface area contributed by atoms with E-state index in [1.54, 1.807) is 22.6 Å². The molecule has 2 rings (SSSR count). The van der Waals surface area contributed by atoms with E-state index in [2.05, 4.69) is 0 Å². The van der Waals surface area contributed by atoms with Crippen molar-refractivity contribution in [3.63, 3.8) is 0 Å². The fourth-order valence-electron chi connectivity index (χ4n) is 2.06. The minimum atomic E-state index is -0.518. The van der Waals surface area contributed by atoms with Gasteiger partial charge < -0.3 is 5.73 Å². The first kappa shape index (κ1) is 13.2. The normalized spacial score (nSPS) is 12.4. The molecule has 0 amide bonds. The van der Waals surface area contributed by atoms with Gasteiger partial charge in [-0.05, 0) is 11.1 Å². The summed E-state index contributed by atoms with van der Waals surface area (Å²) >= 11 is 1.77. The minimum Gasteiger partial charge on any atom is -0.320 e. The standard InChI is InChI=1S/C15H14INO/c16-15(18)14(17)13(11-7-3-1-4-8-11)12-9-5-2-6-10-12/h1-10,13-14H,17H2/t14-/m0/s1. The maximum atomic E-state index is 11.6. The molecule has 0 aliphatic carbocycles. The van der Waals surface area contributed by atoms with E-state index in [9.17, 15) is 4.79 Å². The lowest BCUT2D eigenvalue weighted by Gasteiger charge is -2.22. The van der Waals surface area contributed by atoms with Crippen LogP contribution in [0.25, 0.3) is 0 Å². The monoisotopic (exact) mass is 351 g/mol. The molecule has 2 aromatic rings. The van der Waals surface area contributed by atoms with Crippen LogP contribution in [0.4, 0.5) is 0 Å². The summed E-state index contributed by atoms with van der Waals surface area (Å²) in [5, 5.41) is 0. The van der Waals surface area contributed by atoms with Crippen LogP contribution in [0.2, 0.25) is 0 Å². The molecule has 0 radical (unpaired) electrons. The van der Waals surface area contributed by atoms with Crippen LogP contribution in [-0.2, 0) is 4.79 Å². The fourth-order valence-corrected chi connectivity index (χ4v) is 2.42. The minimum absolute atomic E-state index is 0.0229. The van der Waals surface area contributed by atoms with Crippen LogP contribution in [-0.4, -0.2) is 9.83 Å². The Kier molecular flexibility index (Phi) is 4.49. The Hall–Kier alpha value is -1.20. The van der Waals surface area contributed by atoms with Crippen molar-refractivity contribution in [3.8, 4) is 0 Å². The number of benzene rings is 2. The van der Waals surface area contributed by atoms with Crippen molar-refractivity contribution in [3.05, 3.63) is 71.8 Å². The Labute approximate surface area is 120 Å². The summed E-state index contributed by atoms with van der Waals surface area (Å²) in [6.07, 6.45) is 0. The van der Waals surface area contributed by atoms with Gasteiger partial charge >= 0.3 is 0 Å². The van der Waals surface area contributed by atoms with Crippen molar-refractivity contribution < 1.29 is 4.79 Å². The molecule has 0 saturated carbocycles. The molecule has 0 aliphatic rings. The molecule has 92 valence electrons. The topological polar surface area (TPSA) is 43.1 Å². The van der Waals surface area contributed by atoms with E-state index in [0.29, 0.717) is 0 Å². The third-order valence-corrected chi connectivity index (χ3v) is 3.66. The van der Waals surface area contributed by atoms with Gasteiger partial charge in [-0.1, -0.05) is 60.7 Å². The number of hydrogen-bond donors (Lipinski definition) is 1. The van der Waals surface area contributed by atoms with E-state index in [4.69, 9.17) is 5.73 Å². The van der Waals surface area contributed by atoms with Gasteiger partial charge in [0.2, 0.25) is 3.79 Å². The molecule has 3 heteroatoms. The third kappa shape index (κ3) is 2.97. The number of nitrogens with two attached hydrogens (primary N) is 1. The summed E-state index contributed by atoms with van der Waals surface area (Å²) in [4.78, 5) is 11.6. The van der Waals surface area contributed by atoms with Crippen molar-refractivity contribution in [2.45, 2.75) is 12.0 Å². The first-order valence-corrected chi connectivity index (χ1v) is 6.83. The summed E-state index contributed by atoms with van der Waals surface area (Å²) in [7, 11) is 0. The molecule has 2 nitrogen and oxygen atoms in total. The Balaban J connectivity index is 2.45. The van der Waals surface area contributed by atoms with E-state index >= 15 is 0 Å². The lowest BCUT2D eigenvalue weighted by atomic mass is 9.86. The van der Waals surface area contributed by atoms with Gasteiger partial charge in [0.05, 0.1) is 6.04 Å². The molecule has 2 N–H and O–H groups in total. The molecule has 0 bridgehead atoms. The van der Waals surface area contributed by atoms with E-state index < -0.39 is 6.04 Å². The van der Waals surface area contributed by atoms with Crippen LogP contribution in [0, 0.1) is 0 Å². The number of rotatable bonds is 4. The van der Waals surface area contributed by atoms with Gasteiger partial charge in [-0.25, -0.2) is 0 Å². The lowest BCUT2D eigenvalue weighted by molar-refractivity contribution is -0.110. The maximum absolute atomic E-state index is 11.6. The van der Waals surface area contributed by atoms with Gasteiger partial charge in [0.15, 0.2) is 0 Å². The highest BCUT2D eigenvalue weighted by Gasteiger charge is 2.25. The largest absolute Gasteiger partial charge is 0.320 e. The highest BCUT2D eigenvalue weighted by Crippen LogP contribution is 2.28. The Morgan fingerprint density at radius 3 is 1.61 bits per heavy atom. The Morgan fingerprint density at radius 2 is 1.28 bits per heavy atom. The zero-order valence-electron chi connectivity index (χ0n) is 9.79. The number of halogens is 1. The quantitative estimate of drug-likeness (QED) is 0.680. The zero-order valence-corrected chi connectivity index (χ0v) is 11.9. The summed E-state index contributed by atoms with van der Waals surface area (Å²) in [5.41, 5.74) is 8.21. The molecule has 0 heterocycles. The molecular weight excluding hydrogens is 337 g/mol. The maximum Gasteiger partial charge on any atom is 0.209 e. The average molecular weight is 351 g/mol. The Bertz CT molecular complexity index is 473. The SMILES string of the molecule is N[C@H](C(=O)I)C(c1ccccc1)c1ccccc1. The van der Waals surface area contributed by atoms with E-state index in [0.717, 1.165) is 11.1 Å². The van der Waals surface area contributed by atoms with E-state index in [-0.39, 0.29) is 9.71 Å². The fraction of sp³-hybridized carbons (Fsp3) is 0.133. The first-order chi connectivity index (χ1) is 8.70. The molecule has 0 aliphatic heterocycles. The molecule has 0 fully saturated rings. The van der Waals surface area contributed by atoms with Crippen LogP contribution in [0.3, 0.4) is 0 Å². The second kappa shape index (κ2) is 6.11. The third-order valence-electron chi connectivity index (χ3n) is 2.94. The molecule has 1 atom stereocenters. The van der Waals surface area contributed by atoms with Crippen LogP contribution in [0.15, 0.2) is 60.7 Å². The Morgan fingerprint density at radius 1 is 0.889 bits per heavy atom. The number of carbonyl (C=O) groups excluding carboxylic acids is 1. The second-order valence-electron chi connectivity index (χ2n) is 4.13. The van der Waals surface area contributed by atoms with Gasteiger partial charge in [0, 0.05) is 28.5 Å². The number of hydrogen-bond acceptors (Lipinski definition) is 2. The molecule has 0 unspecified atom stereocenters. The number of carbonyl (C=O) groups is 1. The highest BCUT2D eigenvalue weighted by molar-refractivity contribution is 14.1. The predicted molar refractivity (Wildman–Crippen MR) is 81.7 cm³/mol. The molecule has 18 heavy (non-hydrogen) atoms. The van der Waals surface area contributed by atoms with Crippen LogP contribution < -0.4 is 5.73 Å². The summed E-state index contributed by atoms with van der Waals surface area (Å²) in [6, 6.07) is 19.3. The van der Waals surface area contributed by atoms with Crippen molar-refractivity contribution >= 4 is 26.4 Å². The molecular formula is C15H14INO. The van der Waals surface area contributed by atoms with Gasteiger partial charge in [-0.2, -0.15) is 0 Å². The van der Waals surface area contributed by atoms with Crippen molar-refractivity contribution in [1.29, 1.82) is 0 Å². The van der Waals surface area contributed by atoms with E-state index in [1.807, 2.05) is 60.7 Å². The highest BCUT2D eigenvalue weighted by atomic mass is 127. The van der Waals surface area contributed by atoms with Gasteiger partial charge in [-0.15, -0.1) is 0 Å². The summed E-state index contributed by atoms with van der Waals surface area (Å²) in [5.74, 6) is -0.0863. The van der Waals surface area contributed by atoms with Gasteiger partial charge in [0.25, 0.3) is 0 Å². The second-order valence-corrected chi connectivity index (χ2v) is 5.19. The summed E-state index contributed by atoms with van der Waals surface area (Å²) < 4.78 is -0.0229. The predicted octanol–water partition coefficient (Wildman–Crippen LogP) is 3.11.